The third-order valence-corrected chi connectivity index (χ3v) is 6.05. The SMILES string of the molecule is COc1ccc(C[NH+]2CC[NH+]([C@H](C(=O)N(C)C)c3ccccc3)CC2)c(OC)c1OC. The average molecular weight is 430 g/mol. The van der Waals surface area contributed by atoms with Crippen LogP contribution in [0.2, 0.25) is 0 Å². The van der Waals surface area contributed by atoms with Gasteiger partial charge in [-0.05, 0) is 12.1 Å². The van der Waals surface area contributed by atoms with Crippen LogP contribution < -0.4 is 24.0 Å². The minimum atomic E-state index is -0.159. The van der Waals surface area contributed by atoms with E-state index in [9.17, 15) is 4.79 Å². The Morgan fingerprint density at radius 2 is 1.55 bits per heavy atom. The number of piperazine rings is 1. The number of methoxy groups -OCH3 is 3. The molecule has 1 fully saturated rings. The van der Waals surface area contributed by atoms with Gasteiger partial charge in [0.15, 0.2) is 17.5 Å². The maximum absolute atomic E-state index is 13.0. The number of carbonyl (C=O) groups excluding carboxylic acids is 1. The van der Waals surface area contributed by atoms with E-state index in [0.29, 0.717) is 11.5 Å². The monoisotopic (exact) mass is 429 g/mol. The van der Waals surface area contributed by atoms with Crippen LogP contribution in [-0.4, -0.2) is 72.4 Å². The molecule has 1 atom stereocenters. The van der Waals surface area contributed by atoms with E-state index in [2.05, 4.69) is 18.2 Å². The maximum atomic E-state index is 13.0. The highest BCUT2D eigenvalue weighted by molar-refractivity contribution is 5.81. The molecule has 0 bridgehead atoms. The molecule has 0 spiro atoms. The van der Waals surface area contributed by atoms with Gasteiger partial charge in [-0.1, -0.05) is 30.3 Å². The van der Waals surface area contributed by atoms with Crippen molar-refractivity contribution in [2.45, 2.75) is 12.6 Å². The first-order valence-corrected chi connectivity index (χ1v) is 10.7. The molecule has 1 heterocycles. The van der Waals surface area contributed by atoms with E-state index in [1.807, 2.05) is 38.4 Å². The zero-order valence-corrected chi connectivity index (χ0v) is 19.2. The van der Waals surface area contributed by atoms with Crippen LogP contribution in [0.1, 0.15) is 17.2 Å². The Hall–Kier alpha value is -2.77. The first-order chi connectivity index (χ1) is 15.0. The van der Waals surface area contributed by atoms with E-state index < -0.39 is 0 Å². The van der Waals surface area contributed by atoms with Crippen LogP contribution >= 0.6 is 0 Å². The summed E-state index contributed by atoms with van der Waals surface area (Å²) in [6.45, 7) is 4.68. The van der Waals surface area contributed by atoms with Gasteiger partial charge in [-0.2, -0.15) is 0 Å². The smallest absolute Gasteiger partial charge is 0.285 e. The summed E-state index contributed by atoms with van der Waals surface area (Å²) in [4.78, 5) is 17.5. The molecule has 0 unspecified atom stereocenters. The molecule has 2 aromatic carbocycles. The molecule has 2 N–H and O–H groups in total. The van der Waals surface area contributed by atoms with Gasteiger partial charge in [0, 0.05) is 19.7 Å². The first-order valence-electron chi connectivity index (χ1n) is 10.7. The summed E-state index contributed by atoms with van der Waals surface area (Å²) >= 11 is 0. The van der Waals surface area contributed by atoms with Gasteiger partial charge in [0.2, 0.25) is 5.75 Å². The molecule has 1 saturated heterocycles. The van der Waals surface area contributed by atoms with Crippen molar-refractivity contribution in [2.24, 2.45) is 0 Å². The molecule has 7 heteroatoms. The third-order valence-electron chi connectivity index (χ3n) is 6.05. The largest absolute Gasteiger partial charge is 0.493 e. The average Bonchev–Trinajstić information content (AvgIpc) is 2.80. The van der Waals surface area contributed by atoms with E-state index in [-0.39, 0.29) is 11.9 Å². The summed E-state index contributed by atoms with van der Waals surface area (Å²) in [5.74, 6) is 2.19. The minimum Gasteiger partial charge on any atom is -0.493 e. The molecule has 0 radical (unpaired) electrons. The minimum absolute atomic E-state index is 0.159. The topological polar surface area (TPSA) is 56.9 Å². The zero-order valence-electron chi connectivity index (χ0n) is 19.2. The highest BCUT2D eigenvalue weighted by Gasteiger charge is 2.36. The number of amides is 1. The molecule has 1 aliphatic rings. The highest BCUT2D eigenvalue weighted by Crippen LogP contribution is 2.39. The third kappa shape index (κ3) is 5.11. The molecule has 0 saturated carbocycles. The van der Waals surface area contributed by atoms with E-state index in [0.717, 1.165) is 49.6 Å². The number of carbonyl (C=O) groups is 1. The Kier molecular flexibility index (Phi) is 7.76. The van der Waals surface area contributed by atoms with Crippen molar-refractivity contribution in [3.05, 3.63) is 53.6 Å². The number of hydrogen-bond donors (Lipinski definition) is 2. The number of nitrogens with one attached hydrogen (secondary N) is 2. The van der Waals surface area contributed by atoms with Gasteiger partial charge in [-0.15, -0.1) is 0 Å². The van der Waals surface area contributed by atoms with Gasteiger partial charge in [-0.25, -0.2) is 0 Å². The fourth-order valence-electron chi connectivity index (χ4n) is 4.42. The van der Waals surface area contributed by atoms with Crippen LogP contribution in [0.5, 0.6) is 17.2 Å². The van der Waals surface area contributed by atoms with Crippen molar-refractivity contribution >= 4 is 5.91 Å². The van der Waals surface area contributed by atoms with Gasteiger partial charge >= 0.3 is 0 Å². The van der Waals surface area contributed by atoms with Crippen molar-refractivity contribution < 1.29 is 28.8 Å². The lowest BCUT2D eigenvalue weighted by Crippen LogP contribution is -3.28. The Morgan fingerprint density at radius 3 is 2.10 bits per heavy atom. The Morgan fingerprint density at radius 1 is 0.903 bits per heavy atom. The van der Waals surface area contributed by atoms with Crippen LogP contribution in [0.15, 0.2) is 42.5 Å². The number of benzene rings is 2. The highest BCUT2D eigenvalue weighted by atomic mass is 16.5. The molecular formula is C24H35N3O4+2. The molecule has 0 aliphatic carbocycles. The number of rotatable bonds is 8. The van der Waals surface area contributed by atoms with Gasteiger partial charge in [0.25, 0.3) is 5.91 Å². The van der Waals surface area contributed by atoms with Crippen molar-refractivity contribution in [1.29, 1.82) is 0 Å². The van der Waals surface area contributed by atoms with Crippen LogP contribution in [0.25, 0.3) is 0 Å². The molecule has 3 rings (SSSR count). The van der Waals surface area contributed by atoms with Crippen LogP contribution in [-0.2, 0) is 11.3 Å². The summed E-state index contributed by atoms with van der Waals surface area (Å²) in [6.07, 6.45) is 0. The Labute approximate surface area is 185 Å². The second-order valence-corrected chi connectivity index (χ2v) is 8.15. The molecular weight excluding hydrogens is 394 g/mol. The Balaban J connectivity index is 1.72. The lowest BCUT2D eigenvalue weighted by molar-refractivity contribution is -1.03. The number of likely N-dealkylation sites (N-methyl/N-ethyl adjacent to an activating group) is 1. The predicted octanol–water partition coefficient (Wildman–Crippen LogP) is -0.175. The number of nitrogens with zero attached hydrogens (tertiary/aromatic N) is 1. The second-order valence-electron chi connectivity index (χ2n) is 8.15. The van der Waals surface area contributed by atoms with Gasteiger partial charge in [0.1, 0.15) is 32.7 Å². The summed E-state index contributed by atoms with van der Waals surface area (Å²) in [7, 11) is 8.59. The second kappa shape index (κ2) is 10.5. The van der Waals surface area contributed by atoms with Gasteiger partial charge in [-0.3, -0.25) is 4.79 Å². The zero-order chi connectivity index (χ0) is 22.4. The predicted molar refractivity (Wildman–Crippen MR) is 119 cm³/mol. The number of ether oxygens (including phenoxy) is 3. The van der Waals surface area contributed by atoms with Gasteiger partial charge < -0.3 is 28.9 Å². The number of hydrogen-bond acceptors (Lipinski definition) is 4. The standard InChI is InChI=1S/C24H33N3O4/c1-25(2)24(28)21(18-9-7-6-8-10-18)27-15-13-26(14-16-27)17-19-11-12-20(29-3)23(31-5)22(19)30-4/h6-12,21H,13-17H2,1-5H3/p+2/t21-/m0/s1. The van der Waals surface area contributed by atoms with E-state index in [4.69, 9.17) is 14.2 Å². The summed E-state index contributed by atoms with van der Waals surface area (Å²) in [5.41, 5.74) is 2.18. The summed E-state index contributed by atoms with van der Waals surface area (Å²) < 4.78 is 16.6. The molecule has 7 nitrogen and oxygen atoms in total. The molecule has 0 aromatic heterocycles. The lowest BCUT2D eigenvalue weighted by Gasteiger charge is -2.35. The summed E-state index contributed by atoms with van der Waals surface area (Å²) in [5, 5.41) is 0. The van der Waals surface area contributed by atoms with Crippen molar-refractivity contribution in [1.82, 2.24) is 4.90 Å². The normalized spacial score (nSPS) is 19.4. The molecule has 1 aliphatic heterocycles. The summed E-state index contributed by atoms with van der Waals surface area (Å²) in [6, 6.07) is 14.0. The lowest BCUT2D eigenvalue weighted by atomic mass is 10.0. The first kappa shape index (κ1) is 22.9. The molecule has 31 heavy (non-hydrogen) atoms. The Bertz CT molecular complexity index is 865. The van der Waals surface area contributed by atoms with E-state index in [1.165, 1.54) is 9.80 Å². The van der Waals surface area contributed by atoms with Crippen molar-refractivity contribution in [3.63, 3.8) is 0 Å². The van der Waals surface area contributed by atoms with Crippen LogP contribution in [0, 0.1) is 0 Å². The number of quaternary nitrogens is 2. The molecule has 2 aromatic rings. The molecule has 168 valence electrons. The fourth-order valence-corrected chi connectivity index (χ4v) is 4.42. The van der Waals surface area contributed by atoms with Crippen molar-refractivity contribution in [2.75, 3.05) is 61.6 Å². The molecule has 1 amide bonds. The fraction of sp³-hybridized carbons (Fsp3) is 0.458. The maximum Gasteiger partial charge on any atom is 0.285 e. The van der Waals surface area contributed by atoms with Gasteiger partial charge in [0.05, 0.1) is 26.9 Å². The van der Waals surface area contributed by atoms with Crippen molar-refractivity contribution in [3.8, 4) is 17.2 Å². The van der Waals surface area contributed by atoms with E-state index in [1.54, 1.807) is 26.2 Å². The van der Waals surface area contributed by atoms with Crippen LogP contribution in [0.3, 0.4) is 0 Å². The quantitative estimate of drug-likeness (QED) is 0.612. The van der Waals surface area contributed by atoms with E-state index >= 15 is 0 Å². The van der Waals surface area contributed by atoms with Crippen LogP contribution in [0.4, 0.5) is 0 Å².